The average molecular weight is 409 g/mol. The Labute approximate surface area is 178 Å². The molecule has 4 heteroatoms. The van der Waals surface area contributed by atoms with Gasteiger partial charge in [0.2, 0.25) is 0 Å². The average Bonchev–Trinajstić information content (AvgIpc) is 2.75. The van der Waals surface area contributed by atoms with Gasteiger partial charge in [-0.1, -0.05) is 73.6 Å². The number of carbonyl (C=O) groups is 1. The van der Waals surface area contributed by atoms with Gasteiger partial charge in [-0.15, -0.1) is 0 Å². The van der Waals surface area contributed by atoms with Gasteiger partial charge < -0.3 is 9.47 Å². The summed E-state index contributed by atoms with van der Waals surface area (Å²) >= 11 is 1.79. The van der Waals surface area contributed by atoms with E-state index in [1.165, 1.54) is 16.7 Å². The predicted molar refractivity (Wildman–Crippen MR) is 119 cm³/mol. The van der Waals surface area contributed by atoms with Gasteiger partial charge in [0.05, 0.1) is 6.61 Å². The van der Waals surface area contributed by atoms with Crippen LogP contribution in [0.1, 0.15) is 32.3 Å². The molecule has 0 N–H and O–H groups in total. The normalized spacial score (nSPS) is 9.86. The lowest BCUT2D eigenvalue weighted by molar-refractivity contribution is -0.142. The maximum absolute atomic E-state index is 10.6. The number of esters is 1. The largest absolute Gasteiger partial charge is 0.494 e. The standard InChI is InChI=1S/C13H18O3.C12H10S/c1-3-4-9-15-13-7-5-12(6-8-13)10-16-11(2)14;1-3-7-11(8-4-1)13-12-9-5-2-6-10-12/h5-8H,3-4,9-10H2,1-2H3;1-10H. The molecular weight excluding hydrogens is 380 g/mol. The molecule has 0 amide bonds. The van der Waals surface area contributed by atoms with E-state index in [9.17, 15) is 4.79 Å². The number of hydrogen-bond donors (Lipinski definition) is 0. The summed E-state index contributed by atoms with van der Waals surface area (Å²) in [5.41, 5.74) is 0.970. The third-order valence-corrected chi connectivity index (χ3v) is 4.87. The SMILES string of the molecule is CCCCOc1ccc(COC(C)=O)cc1.c1ccc(Sc2ccccc2)cc1. The van der Waals surface area contributed by atoms with Crippen LogP contribution < -0.4 is 4.74 Å². The van der Waals surface area contributed by atoms with Crippen LogP contribution >= 0.6 is 11.8 Å². The quantitative estimate of drug-likeness (QED) is 0.304. The molecule has 0 atom stereocenters. The van der Waals surface area contributed by atoms with Crippen LogP contribution in [0.3, 0.4) is 0 Å². The number of benzene rings is 3. The Kier molecular flexibility index (Phi) is 10.5. The number of carbonyl (C=O) groups excluding carboxylic acids is 1. The van der Waals surface area contributed by atoms with Crippen LogP contribution in [-0.2, 0) is 16.1 Å². The van der Waals surface area contributed by atoms with Gasteiger partial charge >= 0.3 is 5.97 Å². The van der Waals surface area contributed by atoms with E-state index in [2.05, 4.69) is 55.5 Å². The Hall–Kier alpha value is -2.72. The van der Waals surface area contributed by atoms with Crippen molar-refractivity contribution in [2.45, 2.75) is 43.1 Å². The fourth-order valence-corrected chi connectivity index (χ4v) is 3.17. The van der Waals surface area contributed by atoms with Crippen LogP contribution in [0.5, 0.6) is 5.75 Å². The van der Waals surface area contributed by atoms with Crippen molar-refractivity contribution in [1.82, 2.24) is 0 Å². The predicted octanol–water partition coefficient (Wildman–Crippen LogP) is 6.77. The molecule has 3 rings (SSSR count). The second-order valence-electron chi connectivity index (χ2n) is 6.35. The van der Waals surface area contributed by atoms with Crippen LogP contribution in [0.2, 0.25) is 0 Å². The van der Waals surface area contributed by atoms with Gasteiger partial charge in [-0.2, -0.15) is 0 Å². The van der Waals surface area contributed by atoms with Gasteiger partial charge in [0.25, 0.3) is 0 Å². The van der Waals surface area contributed by atoms with Crippen molar-refractivity contribution >= 4 is 17.7 Å². The molecule has 0 saturated carbocycles. The van der Waals surface area contributed by atoms with Crippen molar-refractivity contribution in [1.29, 1.82) is 0 Å². The number of ether oxygens (including phenoxy) is 2. The van der Waals surface area contributed by atoms with Crippen LogP contribution in [0.25, 0.3) is 0 Å². The van der Waals surface area contributed by atoms with E-state index in [0.717, 1.165) is 30.8 Å². The van der Waals surface area contributed by atoms with Gasteiger partial charge in [-0.05, 0) is 48.4 Å². The maximum Gasteiger partial charge on any atom is 0.302 e. The number of rotatable bonds is 8. The summed E-state index contributed by atoms with van der Waals surface area (Å²) in [5.74, 6) is 0.600. The van der Waals surface area contributed by atoms with Crippen molar-refractivity contribution < 1.29 is 14.3 Å². The molecule has 0 aliphatic carbocycles. The van der Waals surface area contributed by atoms with E-state index in [0.29, 0.717) is 6.61 Å². The molecule has 152 valence electrons. The summed E-state index contributed by atoms with van der Waals surface area (Å²) in [6.07, 6.45) is 2.19. The number of unbranched alkanes of at least 4 members (excludes halogenated alkanes) is 1. The Morgan fingerprint density at radius 2 is 1.38 bits per heavy atom. The molecule has 0 aromatic heterocycles. The molecule has 3 aromatic carbocycles. The van der Waals surface area contributed by atoms with Gasteiger partial charge in [-0.3, -0.25) is 4.79 Å². The highest BCUT2D eigenvalue weighted by atomic mass is 32.2. The summed E-state index contributed by atoms with van der Waals surface area (Å²) in [4.78, 5) is 13.2. The molecule has 0 radical (unpaired) electrons. The summed E-state index contributed by atoms with van der Waals surface area (Å²) in [6, 6.07) is 28.4. The number of hydrogen-bond acceptors (Lipinski definition) is 4. The maximum atomic E-state index is 10.6. The first-order valence-electron chi connectivity index (χ1n) is 9.80. The lowest BCUT2D eigenvalue weighted by atomic mass is 10.2. The Balaban J connectivity index is 0.000000211. The van der Waals surface area contributed by atoms with Crippen LogP contribution in [-0.4, -0.2) is 12.6 Å². The molecule has 0 aliphatic rings. The topological polar surface area (TPSA) is 35.5 Å². The first-order chi connectivity index (χ1) is 14.2. The molecule has 0 unspecified atom stereocenters. The molecule has 3 aromatic rings. The van der Waals surface area contributed by atoms with Gasteiger partial charge in [-0.25, -0.2) is 0 Å². The Bertz CT molecular complexity index is 780. The third kappa shape index (κ3) is 9.86. The van der Waals surface area contributed by atoms with E-state index in [-0.39, 0.29) is 5.97 Å². The smallest absolute Gasteiger partial charge is 0.302 e. The Morgan fingerprint density at radius 3 is 1.86 bits per heavy atom. The third-order valence-electron chi connectivity index (χ3n) is 3.85. The molecule has 29 heavy (non-hydrogen) atoms. The summed E-state index contributed by atoms with van der Waals surface area (Å²) < 4.78 is 10.4. The van der Waals surface area contributed by atoms with Gasteiger partial charge in [0.15, 0.2) is 0 Å². The van der Waals surface area contributed by atoms with E-state index in [1.54, 1.807) is 11.8 Å². The molecule has 0 spiro atoms. The minimum Gasteiger partial charge on any atom is -0.494 e. The first-order valence-corrected chi connectivity index (χ1v) is 10.6. The summed E-state index contributed by atoms with van der Waals surface area (Å²) in [6.45, 7) is 4.61. The summed E-state index contributed by atoms with van der Waals surface area (Å²) in [7, 11) is 0. The molecule has 0 heterocycles. The molecule has 3 nitrogen and oxygen atoms in total. The van der Waals surface area contributed by atoms with Crippen molar-refractivity contribution in [3.8, 4) is 5.75 Å². The monoisotopic (exact) mass is 408 g/mol. The lowest BCUT2D eigenvalue weighted by Gasteiger charge is -2.06. The highest BCUT2D eigenvalue weighted by Crippen LogP contribution is 2.26. The van der Waals surface area contributed by atoms with E-state index < -0.39 is 0 Å². The highest BCUT2D eigenvalue weighted by molar-refractivity contribution is 7.99. The molecular formula is C25H28O3S. The van der Waals surface area contributed by atoms with Crippen LogP contribution in [0.4, 0.5) is 0 Å². The molecule has 0 saturated heterocycles. The zero-order valence-electron chi connectivity index (χ0n) is 17.0. The summed E-state index contributed by atoms with van der Waals surface area (Å²) in [5, 5.41) is 0. The van der Waals surface area contributed by atoms with Crippen LogP contribution in [0.15, 0.2) is 94.7 Å². The van der Waals surface area contributed by atoms with Crippen molar-refractivity contribution in [2.75, 3.05) is 6.61 Å². The van der Waals surface area contributed by atoms with E-state index in [1.807, 2.05) is 36.4 Å². The fourth-order valence-electron chi connectivity index (χ4n) is 2.31. The second kappa shape index (κ2) is 13.5. The van der Waals surface area contributed by atoms with Crippen molar-refractivity contribution in [3.63, 3.8) is 0 Å². The van der Waals surface area contributed by atoms with E-state index in [4.69, 9.17) is 9.47 Å². The highest BCUT2D eigenvalue weighted by Gasteiger charge is 1.98. The molecule has 0 aliphatic heterocycles. The Morgan fingerprint density at radius 1 is 0.828 bits per heavy atom. The minimum absolute atomic E-state index is 0.261. The fraction of sp³-hybridized carbons (Fsp3) is 0.240. The van der Waals surface area contributed by atoms with Gasteiger partial charge in [0, 0.05) is 16.7 Å². The zero-order valence-corrected chi connectivity index (χ0v) is 17.9. The molecule has 0 fully saturated rings. The van der Waals surface area contributed by atoms with E-state index >= 15 is 0 Å². The first kappa shape index (κ1) is 22.6. The van der Waals surface area contributed by atoms with Crippen LogP contribution in [0, 0.1) is 0 Å². The van der Waals surface area contributed by atoms with Crippen molar-refractivity contribution in [2.24, 2.45) is 0 Å². The minimum atomic E-state index is -0.261. The lowest BCUT2D eigenvalue weighted by Crippen LogP contribution is -1.99. The van der Waals surface area contributed by atoms with Gasteiger partial charge in [0.1, 0.15) is 12.4 Å². The second-order valence-corrected chi connectivity index (χ2v) is 7.50. The van der Waals surface area contributed by atoms with Crippen molar-refractivity contribution in [3.05, 3.63) is 90.5 Å². The zero-order chi connectivity index (χ0) is 20.7. The molecule has 0 bridgehead atoms.